The van der Waals surface area contributed by atoms with Crippen LogP contribution in [0.5, 0.6) is 0 Å². The fourth-order valence-corrected chi connectivity index (χ4v) is 3.40. The van der Waals surface area contributed by atoms with Crippen LogP contribution in [0.25, 0.3) is 0 Å². The minimum atomic E-state index is -3.42. The second-order valence-corrected chi connectivity index (χ2v) is 6.30. The van der Waals surface area contributed by atoms with Crippen molar-refractivity contribution in [1.29, 1.82) is 0 Å². The zero-order chi connectivity index (χ0) is 11.6. The van der Waals surface area contributed by atoms with Crippen LogP contribution in [0.1, 0.15) is 13.8 Å². The number of hydrogen-bond acceptors (Lipinski definition) is 4. The van der Waals surface area contributed by atoms with E-state index in [4.69, 9.17) is 22.7 Å². The van der Waals surface area contributed by atoms with Crippen LogP contribution < -0.4 is 5.73 Å². The standard InChI is InChI=1S/C8H16N2O3S2/c1-6-5-13-4-3-10(6)15(11,12)7(2)8(9)14/h6-7H,3-5H2,1-2H3,(H2,9,14). The van der Waals surface area contributed by atoms with Gasteiger partial charge in [0.05, 0.1) is 18.2 Å². The molecule has 0 aromatic heterocycles. The van der Waals surface area contributed by atoms with Crippen molar-refractivity contribution in [3.63, 3.8) is 0 Å². The number of rotatable bonds is 3. The summed E-state index contributed by atoms with van der Waals surface area (Å²) in [7, 11) is -3.42. The van der Waals surface area contributed by atoms with E-state index in [0.29, 0.717) is 19.8 Å². The minimum absolute atomic E-state index is 0.00805. The van der Waals surface area contributed by atoms with Gasteiger partial charge in [-0.3, -0.25) is 0 Å². The molecule has 0 aromatic rings. The van der Waals surface area contributed by atoms with Crippen molar-refractivity contribution in [2.75, 3.05) is 19.8 Å². The van der Waals surface area contributed by atoms with E-state index in [2.05, 4.69) is 0 Å². The van der Waals surface area contributed by atoms with Gasteiger partial charge in [-0.2, -0.15) is 4.31 Å². The van der Waals surface area contributed by atoms with Gasteiger partial charge in [0.1, 0.15) is 5.25 Å². The second kappa shape index (κ2) is 4.73. The predicted octanol–water partition coefficient (Wildman–Crippen LogP) is -0.288. The Hall–Kier alpha value is -0.240. The van der Waals surface area contributed by atoms with Gasteiger partial charge in [0.2, 0.25) is 10.0 Å². The molecule has 1 aliphatic rings. The van der Waals surface area contributed by atoms with E-state index in [0.717, 1.165) is 0 Å². The highest BCUT2D eigenvalue weighted by Crippen LogP contribution is 2.16. The average molecular weight is 252 g/mol. The maximum absolute atomic E-state index is 12.0. The van der Waals surface area contributed by atoms with Gasteiger partial charge in [0, 0.05) is 12.6 Å². The summed E-state index contributed by atoms with van der Waals surface area (Å²) >= 11 is 4.71. The molecule has 5 nitrogen and oxygen atoms in total. The highest BCUT2D eigenvalue weighted by molar-refractivity contribution is 7.92. The molecule has 0 amide bonds. The van der Waals surface area contributed by atoms with Crippen LogP contribution in [0, 0.1) is 0 Å². The number of ether oxygens (including phenoxy) is 1. The van der Waals surface area contributed by atoms with Crippen molar-refractivity contribution in [2.45, 2.75) is 25.1 Å². The maximum Gasteiger partial charge on any atom is 0.223 e. The van der Waals surface area contributed by atoms with Crippen LogP contribution in [0.15, 0.2) is 0 Å². The third-order valence-electron chi connectivity index (χ3n) is 2.48. The van der Waals surface area contributed by atoms with E-state index in [1.807, 2.05) is 6.92 Å². The molecule has 2 atom stereocenters. The highest BCUT2D eigenvalue weighted by atomic mass is 32.2. The highest BCUT2D eigenvalue weighted by Gasteiger charge is 2.35. The normalized spacial score (nSPS) is 26.1. The van der Waals surface area contributed by atoms with E-state index >= 15 is 0 Å². The lowest BCUT2D eigenvalue weighted by Gasteiger charge is -2.33. The van der Waals surface area contributed by atoms with Crippen molar-refractivity contribution in [2.24, 2.45) is 5.73 Å². The molecule has 88 valence electrons. The topological polar surface area (TPSA) is 72.6 Å². The lowest BCUT2D eigenvalue weighted by Crippen LogP contribution is -2.52. The molecule has 0 spiro atoms. The van der Waals surface area contributed by atoms with E-state index in [1.54, 1.807) is 0 Å². The van der Waals surface area contributed by atoms with Crippen molar-refractivity contribution >= 4 is 27.2 Å². The monoisotopic (exact) mass is 252 g/mol. The van der Waals surface area contributed by atoms with E-state index in [-0.39, 0.29) is 11.0 Å². The van der Waals surface area contributed by atoms with E-state index < -0.39 is 15.3 Å². The predicted molar refractivity (Wildman–Crippen MR) is 62.2 cm³/mol. The lowest BCUT2D eigenvalue weighted by atomic mass is 10.3. The quantitative estimate of drug-likeness (QED) is 0.699. The Labute approximate surface area is 95.6 Å². The maximum atomic E-state index is 12.0. The molecule has 1 fully saturated rings. The largest absolute Gasteiger partial charge is 0.392 e. The first kappa shape index (κ1) is 12.8. The fraction of sp³-hybridized carbons (Fsp3) is 0.875. The van der Waals surface area contributed by atoms with Gasteiger partial charge in [-0.05, 0) is 13.8 Å². The van der Waals surface area contributed by atoms with Gasteiger partial charge in [-0.1, -0.05) is 12.2 Å². The third-order valence-corrected chi connectivity index (χ3v) is 5.33. The second-order valence-electron chi connectivity index (χ2n) is 3.62. The molecule has 0 aliphatic carbocycles. The Morgan fingerprint density at radius 2 is 2.27 bits per heavy atom. The smallest absolute Gasteiger partial charge is 0.223 e. The van der Waals surface area contributed by atoms with Crippen molar-refractivity contribution in [3.8, 4) is 0 Å². The van der Waals surface area contributed by atoms with E-state index in [1.165, 1.54) is 11.2 Å². The van der Waals surface area contributed by atoms with Gasteiger partial charge in [-0.15, -0.1) is 0 Å². The van der Waals surface area contributed by atoms with E-state index in [9.17, 15) is 8.42 Å². The summed E-state index contributed by atoms with van der Waals surface area (Å²) in [6.07, 6.45) is 0. The van der Waals surface area contributed by atoms with Gasteiger partial charge in [0.25, 0.3) is 0 Å². The lowest BCUT2D eigenvalue weighted by molar-refractivity contribution is 0.0391. The Kier molecular flexibility index (Phi) is 4.05. The van der Waals surface area contributed by atoms with Crippen molar-refractivity contribution in [1.82, 2.24) is 4.31 Å². The first-order valence-corrected chi connectivity index (χ1v) is 6.66. The number of hydrogen-bond donors (Lipinski definition) is 1. The summed E-state index contributed by atoms with van der Waals surface area (Å²) in [5, 5.41) is -0.812. The minimum Gasteiger partial charge on any atom is -0.392 e. The number of sulfonamides is 1. The first-order chi connectivity index (χ1) is 6.87. The van der Waals surface area contributed by atoms with Gasteiger partial charge in [0.15, 0.2) is 0 Å². The first-order valence-electron chi connectivity index (χ1n) is 4.75. The SMILES string of the molecule is CC1COCCN1S(=O)(=O)C(C)C(N)=S. The van der Waals surface area contributed by atoms with Crippen LogP contribution in [0.2, 0.25) is 0 Å². The van der Waals surface area contributed by atoms with Crippen molar-refractivity contribution < 1.29 is 13.2 Å². The zero-order valence-electron chi connectivity index (χ0n) is 8.84. The van der Waals surface area contributed by atoms with Crippen LogP contribution in [-0.4, -0.2) is 48.8 Å². The number of morpholine rings is 1. The molecule has 0 saturated carbocycles. The van der Waals surface area contributed by atoms with Crippen molar-refractivity contribution in [3.05, 3.63) is 0 Å². The molecule has 1 saturated heterocycles. The van der Waals surface area contributed by atoms with Crippen LogP contribution in [-0.2, 0) is 14.8 Å². The summed E-state index contributed by atoms with van der Waals surface area (Å²) in [4.78, 5) is 0.00805. The number of thiocarbonyl (C=S) groups is 1. The van der Waals surface area contributed by atoms with Gasteiger partial charge in [-0.25, -0.2) is 8.42 Å². The summed E-state index contributed by atoms with van der Waals surface area (Å²) < 4.78 is 30.7. The molecular formula is C8H16N2O3S2. The molecule has 1 aliphatic heterocycles. The molecule has 1 rings (SSSR count). The van der Waals surface area contributed by atoms with Gasteiger partial charge >= 0.3 is 0 Å². The molecule has 7 heteroatoms. The molecule has 0 radical (unpaired) electrons. The molecular weight excluding hydrogens is 236 g/mol. The molecule has 2 unspecified atom stereocenters. The van der Waals surface area contributed by atoms with Crippen LogP contribution in [0.4, 0.5) is 0 Å². The molecule has 1 heterocycles. The number of nitrogens with zero attached hydrogens (tertiary/aromatic N) is 1. The summed E-state index contributed by atoms with van der Waals surface area (Å²) in [5.74, 6) is 0. The summed E-state index contributed by atoms with van der Waals surface area (Å²) in [5.41, 5.74) is 5.37. The Morgan fingerprint density at radius 3 is 2.73 bits per heavy atom. The van der Waals surface area contributed by atoms with Crippen LogP contribution >= 0.6 is 12.2 Å². The Balaban J connectivity index is 2.89. The third kappa shape index (κ3) is 2.66. The summed E-state index contributed by atoms with van der Waals surface area (Å²) in [6, 6.07) is -0.152. The van der Waals surface area contributed by atoms with Gasteiger partial charge < -0.3 is 10.5 Å². The average Bonchev–Trinajstić information content (AvgIpc) is 2.16. The molecule has 0 bridgehead atoms. The number of nitrogens with two attached hydrogens (primary N) is 1. The molecule has 15 heavy (non-hydrogen) atoms. The summed E-state index contributed by atoms with van der Waals surface area (Å²) in [6.45, 7) is 4.54. The van der Waals surface area contributed by atoms with Crippen LogP contribution in [0.3, 0.4) is 0 Å². The Bertz CT molecular complexity index is 342. The zero-order valence-corrected chi connectivity index (χ0v) is 10.5. The Morgan fingerprint density at radius 1 is 1.67 bits per heavy atom. The molecule has 2 N–H and O–H groups in total. The molecule has 0 aromatic carbocycles. The fourth-order valence-electron chi connectivity index (χ4n) is 1.44.